The number of rotatable bonds is 14. The molecule has 4 N–H and O–H groups in total. The summed E-state index contributed by atoms with van der Waals surface area (Å²) in [6.07, 6.45) is -0.0429. The lowest BCUT2D eigenvalue weighted by Gasteiger charge is -2.37. The van der Waals surface area contributed by atoms with Gasteiger partial charge in [0.15, 0.2) is 5.16 Å². The number of phenols is 1. The van der Waals surface area contributed by atoms with E-state index >= 15 is 0 Å². The number of hydrogen-bond acceptors (Lipinski definition) is 11. The number of nitrogens with one attached hydrogen (secondary N) is 1. The van der Waals surface area contributed by atoms with E-state index < -0.39 is 18.0 Å². The molecule has 1 aliphatic carbocycles. The van der Waals surface area contributed by atoms with Crippen molar-refractivity contribution in [2.24, 2.45) is 5.73 Å². The first kappa shape index (κ1) is 48.9. The number of piperidine rings is 1. The Balaban J connectivity index is 0.724. The van der Waals surface area contributed by atoms with E-state index in [0.29, 0.717) is 72.7 Å². The number of carbonyl (C=O) groups is 3. The molecule has 2 unspecified atom stereocenters. The molecular weight excluding hydrogens is 932 g/mol. The molecule has 3 heterocycles. The highest BCUT2D eigenvalue weighted by molar-refractivity contribution is 7.99. The molecule has 6 aromatic rings. The van der Waals surface area contributed by atoms with Crippen molar-refractivity contribution in [3.05, 3.63) is 161 Å². The molecule has 0 spiro atoms. The monoisotopic (exact) mass is 985 g/mol. The second kappa shape index (κ2) is 21.9. The lowest BCUT2D eigenvalue weighted by atomic mass is 9.69. The third-order valence-corrected chi connectivity index (χ3v) is 14.1. The number of ether oxygens (including phenoxy) is 2. The number of nitrogens with two attached hydrogens (primary N) is 1. The highest BCUT2D eigenvalue weighted by atomic mass is 32.2. The molecule has 1 aromatic heterocycles. The minimum atomic E-state index is -4.97. The summed E-state index contributed by atoms with van der Waals surface area (Å²) in [4.78, 5) is 54.7. The maximum Gasteiger partial charge on any atom is 0.573 e. The van der Waals surface area contributed by atoms with Crippen LogP contribution in [0.15, 0.2) is 132 Å². The standard InChI is InChI=1S/C54H54F3N7O6S/c55-54(56,57)70-48-13-7-5-11-45(48)52(68)59-32-38(58)31-47-44-10-4-6-12-46(44)60-53(61-47)71-34-50(67)64-28-26-62(27-29-64)33-49(66)63-24-22-41(23-25-63)69-40-18-14-36(15-19-40)51-42(35-8-2-1-3-9-35)20-16-37-30-39(65)17-21-43(37)51/h1-15,17-19,21,30-31,41-42,51,65H,16,20,22-29,32-34,58H2,(H,59,68)/b38-31-. The van der Waals surface area contributed by atoms with Crippen molar-refractivity contribution in [2.45, 2.75) is 55.1 Å². The molecule has 2 aliphatic heterocycles. The van der Waals surface area contributed by atoms with Crippen LogP contribution in [0.3, 0.4) is 0 Å². The first-order chi connectivity index (χ1) is 34.3. The zero-order valence-corrected chi connectivity index (χ0v) is 39.7. The van der Waals surface area contributed by atoms with E-state index in [9.17, 15) is 32.7 Å². The molecule has 0 bridgehead atoms. The van der Waals surface area contributed by atoms with Crippen molar-refractivity contribution >= 4 is 46.5 Å². The summed E-state index contributed by atoms with van der Waals surface area (Å²) in [6, 6.07) is 37.1. The molecule has 13 nitrogen and oxygen atoms in total. The van der Waals surface area contributed by atoms with Crippen molar-refractivity contribution in [3.8, 4) is 17.2 Å². The van der Waals surface area contributed by atoms with Gasteiger partial charge in [-0.3, -0.25) is 19.3 Å². The van der Waals surface area contributed by atoms with Gasteiger partial charge in [0.1, 0.15) is 23.4 Å². The van der Waals surface area contributed by atoms with Gasteiger partial charge in [-0.15, -0.1) is 13.2 Å². The Morgan fingerprint density at radius 1 is 0.789 bits per heavy atom. The smallest absolute Gasteiger partial charge is 0.508 e. The van der Waals surface area contributed by atoms with Crippen molar-refractivity contribution in [1.29, 1.82) is 0 Å². The van der Waals surface area contributed by atoms with Crippen LogP contribution in [0.2, 0.25) is 0 Å². The number of halogens is 3. The van der Waals surface area contributed by atoms with Gasteiger partial charge in [-0.25, -0.2) is 9.97 Å². The Morgan fingerprint density at radius 2 is 1.49 bits per heavy atom. The number of aryl methyl sites for hydroxylation is 1. The first-order valence-corrected chi connectivity index (χ1v) is 24.7. The van der Waals surface area contributed by atoms with Gasteiger partial charge in [0.2, 0.25) is 11.8 Å². The maximum atomic E-state index is 13.5. The number of aromatic hydroxyl groups is 1. The van der Waals surface area contributed by atoms with Gasteiger partial charge in [-0.1, -0.05) is 90.6 Å². The van der Waals surface area contributed by atoms with Gasteiger partial charge < -0.3 is 35.4 Å². The van der Waals surface area contributed by atoms with E-state index in [1.54, 1.807) is 23.1 Å². The Kier molecular flexibility index (Phi) is 15.1. The van der Waals surface area contributed by atoms with Crippen molar-refractivity contribution in [2.75, 3.05) is 58.1 Å². The fourth-order valence-electron chi connectivity index (χ4n) is 9.74. The summed E-state index contributed by atoms with van der Waals surface area (Å²) >= 11 is 1.18. The average molecular weight is 986 g/mol. The first-order valence-electron chi connectivity index (χ1n) is 23.7. The van der Waals surface area contributed by atoms with Crippen LogP contribution in [0.25, 0.3) is 17.0 Å². The average Bonchev–Trinajstić information content (AvgIpc) is 3.37. The van der Waals surface area contributed by atoms with Gasteiger partial charge in [-0.2, -0.15) is 0 Å². The maximum absolute atomic E-state index is 13.5. The zero-order chi connectivity index (χ0) is 49.5. The molecule has 2 saturated heterocycles. The third kappa shape index (κ3) is 12.3. The van der Waals surface area contributed by atoms with E-state index in [2.05, 4.69) is 79.5 Å². The number of hydrogen-bond donors (Lipinski definition) is 3. The third-order valence-electron chi connectivity index (χ3n) is 13.3. The van der Waals surface area contributed by atoms with Crippen molar-refractivity contribution in [3.63, 3.8) is 0 Å². The summed E-state index contributed by atoms with van der Waals surface area (Å²) in [6.45, 7) is 3.40. The molecule has 3 amide bonds. The number of benzene rings is 5. The lowest BCUT2D eigenvalue weighted by molar-refractivity contribution is -0.274. The molecule has 9 rings (SSSR count). The van der Waals surface area contributed by atoms with E-state index in [-0.39, 0.29) is 53.9 Å². The van der Waals surface area contributed by atoms with Crippen LogP contribution >= 0.6 is 11.8 Å². The van der Waals surface area contributed by atoms with Crippen LogP contribution < -0.4 is 20.5 Å². The van der Waals surface area contributed by atoms with Crippen molar-refractivity contribution in [1.82, 2.24) is 30.0 Å². The van der Waals surface area contributed by atoms with Crippen LogP contribution in [0.1, 0.15) is 69.4 Å². The second-order valence-electron chi connectivity index (χ2n) is 18.0. The SMILES string of the molecule is N/C(=C\c1nc(SCC(=O)N2CCN(CC(=O)N3CCC(Oc4ccc(C5c6ccc(O)cc6CCC5c5ccccc5)cc4)CC3)CC2)nc2ccccc12)CNC(=O)c1ccccc1OC(F)(F)F. The molecule has 0 saturated carbocycles. The summed E-state index contributed by atoms with van der Waals surface area (Å²) in [7, 11) is 0. The topological polar surface area (TPSA) is 163 Å². The number of nitrogens with zero attached hydrogens (tertiary/aromatic N) is 5. The Morgan fingerprint density at radius 3 is 2.25 bits per heavy atom. The van der Waals surface area contributed by atoms with Gasteiger partial charge in [-0.05, 0) is 89.6 Å². The molecule has 71 heavy (non-hydrogen) atoms. The van der Waals surface area contributed by atoms with Gasteiger partial charge in [0, 0.05) is 69.1 Å². The van der Waals surface area contributed by atoms with E-state index in [0.717, 1.165) is 37.5 Å². The fourth-order valence-corrected chi connectivity index (χ4v) is 10.5. The molecule has 368 valence electrons. The number of thioether (sulfide) groups is 1. The highest BCUT2D eigenvalue weighted by Crippen LogP contribution is 2.47. The second-order valence-corrected chi connectivity index (χ2v) is 18.9. The number of aromatic nitrogens is 2. The highest BCUT2D eigenvalue weighted by Gasteiger charge is 2.34. The molecule has 2 fully saturated rings. The summed E-state index contributed by atoms with van der Waals surface area (Å²) in [5, 5.41) is 13.8. The molecular formula is C54H54F3N7O6S. The largest absolute Gasteiger partial charge is 0.573 e. The number of phenolic OH excluding ortho intramolecular Hbond substituents is 1. The molecule has 17 heteroatoms. The number of para-hydroxylation sites is 2. The predicted molar refractivity (Wildman–Crippen MR) is 265 cm³/mol. The number of amides is 3. The summed E-state index contributed by atoms with van der Waals surface area (Å²) in [5.74, 6) is 0.216. The molecule has 5 aromatic carbocycles. The lowest BCUT2D eigenvalue weighted by Crippen LogP contribution is -2.53. The Bertz CT molecular complexity index is 2890. The van der Waals surface area contributed by atoms with Crippen LogP contribution in [-0.2, 0) is 16.0 Å². The number of likely N-dealkylation sites (tertiary alicyclic amines) is 1. The Hall–Kier alpha value is -7.11. The number of alkyl halides is 3. The van der Waals surface area contributed by atoms with Crippen LogP contribution in [0, 0.1) is 0 Å². The van der Waals surface area contributed by atoms with Crippen LogP contribution in [0.4, 0.5) is 13.2 Å². The fraction of sp³-hybridized carbons (Fsp3) is 0.315. The van der Waals surface area contributed by atoms with Gasteiger partial charge >= 0.3 is 6.36 Å². The minimum Gasteiger partial charge on any atom is -0.508 e. The van der Waals surface area contributed by atoms with E-state index in [1.165, 1.54) is 52.2 Å². The van der Waals surface area contributed by atoms with Gasteiger partial charge in [0.25, 0.3) is 5.91 Å². The molecule has 0 radical (unpaired) electrons. The summed E-state index contributed by atoms with van der Waals surface area (Å²) < 4.78 is 49.2. The van der Waals surface area contributed by atoms with E-state index in [4.69, 9.17) is 10.5 Å². The number of piperazine rings is 1. The summed E-state index contributed by atoms with van der Waals surface area (Å²) in [5.41, 5.74) is 12.2. The van der Waals surface area contributed by atoms with Crippen molar-refractivity contribution < 1.29 is 42.1 Å². The molecule has 2 atom stereocenters. The quantitative estimate of drug-likeness (QED) is 0.0714. The Labute approximate surface area is 413 Å². The normalized spacial score (nSPS) is 17.9. The van der Waals surface area contributed by atoms with Crippen LogP contribution in [-0.4, -0.2) is 118 Å². The number of fused-ring (bicyclic) bond motifs is 2. The van der Waals surface area contributed by atoms with E-state index in [1.807, 2.05) is 35.2 Å². The van der Waals surface area contributed by atoms with Crippen LogP contribution in [0.5, 0.6) is 17.2 Å². The zero-order valence-electron chi connectivity index (χ0n) is 38.9. The minimum absolute atomic E-state index is 0.00167. The predicted octanol–water partition coefficient (Wildman–Crippen LogP) is 8.13. The number of carbonyl (C=O) groups excluding carboxylic acids is 3. The molecule has 3 aliphatic rings. The van der Waals surface area contributed by atoms with Gasteiger partial charge in [0.05, 0.1) is 35.6 Å².